The molecular formula is C4H6O. The molecule has 5 heavy (non-hydrogen) atoms. The van der Waals surface area contributed by atoms with Gasteiger partial charge in [0.05, 0.1) is 6.61 Å². The van der Waals surface area contributed by atoms with Gasteiger partial charge in [-0.2, -0.15) is 0 Å². The van der Waals surface area contributed by atoms with Crippen LogP contribution in [0.2, 0.25) is 0 Å². The molecule has 0 spiro atoms. The van der Waals surface area contributed by atoms with E-state index < -0.39 is 0 Å². The van der Waals surface area contributed by atoms with Crippen molar-refractivity contribution in [2.24, 2.45) is 0 Å². The molecule has 0 saturated heterocycles. The highest BCUT2D eigenvalue weighted by molar-refractivity contribution is 4.82. The fourth-order valence-corrected chi connectivity index (χ4v) is 0.0609. The van der Waals surface area contributed by atoms with Crippen molar-refractivity contribution < 1.29 is 5.11 Å². The summed E-state index contributed by atoms with van der Waals surface area (Å²) in [5.41, 5.74) is 0. The van der Waals surface area contributed by atoms with Crippen molar-refractivity contribution in [2.75, 3.05) is 6.61 Å². The number of allylic oxidation sites excluding steroid dienone is 1. The maximum absolute atomic E-state index is 7.90. The highest BCUT2D eigenvalue weighted by Crippen LogP contribution is 1.59. The molecule has 28 valence electrons. The van der Waals surface area contributed by atoms with Crippen molar-refractivity contribution in [3.63, 3.8) is 0 Å². The van der Waals surface area contributed by atoms with E-state index in [1.165, 1.54) is 12.2 Å². The minimum atomic E-state index is 0.0382. The second-order valence-corrected chi connectivity index (χ2v) is 0.611. The van der Waals surface area contributed by atoms with E-state index in [0.717, 1.165) is 0 Å². The highest BCUT2D eigenvalue weighted by atomic mass is 16.2. The summed E-state index contributed by atoms with van der Waals surface area (Å²) in [6.45, 7) is 4.84. The zero-order valence-corrected chi connectivity index (χ0v) is 2.89. The second-order valence-electron chi connectivity index (χ2n) is 0.611. The summed E-state index contributed by atoms with van der Waals surface area (Å²) >= 11 is 0. The molecule has 0 aliphatic rings. The normalized spacial score (nSPS) is 10.0. The molecule has 0 aromatic carbocycles. The lowest BCUT2D eigenvalue weighted by molar-refractivity contribution is 0.343. The third-order valence-corrected chi connectivity index (χ3v) is 0.241. The molecule has 1 nitrogen and oxygen atoms in total. The second kappa shape index (κ2) is 3.70. The molecule has 0 aliphatic carbocycles. The Labute approximate surface area is 31.9 Å². The van der Waals surface area contributed by atoms with Gasteiger partial charge in [0.25, 0.3) is 0 Å². The van der Waals surface area contributed by atoms with Gasteiger partial charge in [-0.25, -0.2) is 0 Å². The number of aliphatic hydroxyl groups excluding tert-OH is 1. The molecule has 0 aromatic heterocycles. The molecule has 0 unspecified atom stereocenters. The first-order valence-corrected chi connectivity index (χ1v) is 1.39. The van der Waals surface area contributed by atoms with Crippen LogP contribution >= 0.6 is 0 Å². The molecule has 1 heteroatoms. The van der Waals surface area contributed by atoms with Crippen molar-refractivity contribution in [2.45, 2.75) is 0 Å². The predicted octanol–water partition coefficient (Wildman–Crippen LogP) is 0.246. The SMILES string of the molecule is [CH]/C=C\CO. The van der Waals surface area contributed by atoms with Crippen LogP contribution in [0.25, 0.3) is 0 Å². The van der Waals surface area contributed by atoms with Crippen molar-refractivity contribution in [3.8, 4) is 0 Å². The van der Waals surface area contributed by atoms with Crippen LogP contribution in [0.4, 0.5) is 0 Å². The van der Waals surface area contributed by atoms with Crippen LogP contribution in [-0.2, 0) is 0 Å². The fraction of sp³-hybridized carbons (Fsp3) is 0.250. The van der Waals surface area contributed by atoms with Gasteiger partial charge in [0, 0.05) is 0 Å². The lowest BCUT2D eigenvalue weighted by Gasteiger charge is -1.66. The first-order valence-electron chi connectivity index (χ1n) is 1.39. The Morgan fingerprint density at radius 3 is 2.40 bits per heavy atom. The third-order valence-electron chi connectivity index (χ3n) is 0.241. The minimum Gasteiger partial charge on any atom is -0.392 e. The Balaban J connectivity index is 2.62. The van der Waals surface area contributed by atoms with E-state index in [1.807, 2.05) is 0 Å². The molecular weight excluding hydrogens is 64.0 g/mol. The number of hydrogen-bond acceptors (Lipinski definition) is 1. The van der Waals surface area contributed by atoms with Crippen LogP contribution in [0.5, 0.6) is 0 Å². The molecule has 0 aliphatic heterocycles. The van der Waals surface area contributed by atoms with E-state index in [9.17, 15) is 0 Å². The van der Waals surface area contributed by atoms with Gasteiger partial charge in [-0.3, -0.25) is 0 Å². The Bertz CT molecular complexity index is 30.6. The van der Waals surface area contributed by atoms with Gasteiger partial charge in [0.1, 0.15) is 0 Å². The van der Waals surface area contributed by atoms with E-state index in [2.05, 4.69) is 0 Å². The van der Waals surface area contributed by atoms with Crippen molar-refractivity contribution >= 4 is 0 Å². The van der Waals surface area contributed by atoms with Gasteiger partial charge in [-0.15, -0.1) is 0 Å². The summed E-state index contributed by atoms with van der Waals surface area (Å²) in [5, 5.41) is 7.90. The maximum Gasteiger partial charge on any atom is 0.0612 e. The lowest BCUT2D eigenvalue weighted by Crippen LogP contribution is -1.65. The topological polar surface area (TPSA) is 20.2 Å². The van der Waals surface area contributed by atoms with Crippen molar-refractivity contribution in [1.29, 1.82) is 0 Å². The zero-order valence-electron chi connectivity index (χ0n) is 2.89. The molecule has 0 fully saturated rings. The minimum absolute atomic E-state index is 0.0382. The van der Waals surface area contributed by atoms with Crippen LogP contribution in [0.3, 0.4) is 0 Å². The van der Waals surface area contributed by atoms with Gasteiger partial charge < -0.3 is 5.11 Å². The monoisotopic (exact) mass is 70.0 g/mol. The Hall–Kier alpha value is -0.300. The van der Waals surface area contributed by atoms with Gasteiger partial charge in [0.15, 0.2) is 0 Å². The van der Waals surface area contributed by atoms with E-state index in [1.54, 1.807) is 0 Å². The predicted molar refractivity (Wildman–Crippen MR) is 20.5 cm³/mol. The van der Waals surface area contributed by atoms with E-state index in [-0.39, 0.29) is 6.61 Å². The van der Waals surface area contributed by atoms with Gasteiger partial charge in [-0.1, -0.05) is 12.2 Å². The molecule has 2 radical (unpaired) electrons. The Morgan fingerprint density at radius 2 is 2.40 bits per heavy atom. The van der Waals surface area contributed by atoms with Crippen molar-refractivity contribution in [3.05, 3.63) is 19.1 Å². The smallest absolute Gasteiger partial charge is 0.0612 e. The van der Waals surface area contributed by atoms with Crippen LogP contribution in [0, 0.1) is 6.92 Å². The Morgan fingerprint density at radius 1 is 1.80 bits per heavy atom. The molecule has 0 heterocycles. The van der Waals surface area contributed by atoms with E-state index >= 15 is 0 Å². The van der Waals surface area contributed by atoms with E-state index in [0.29, 0.717) is 0 Å². The standard InChI is InChI=1S/C4H6O/c1-2-3-4-5/h1-3,5H,4H2/b3-2-. The highest BCUT2D eigenvalue weighted by Gasteiger charge is 1.53. The largest absolute Gasteiger partial charge is 0.392 e. The quantitative estimate of drug-likeness (QED) is 0.468. The summed E-state index contributed by atoms with van der Waals surface area (Å²) in [6, 6.07) is 0. The maximum atomic E-state index is 7.90. The van der Waals surface area contributed by atoms with E-state index in [4.69, 9.17) is 12.0 Å². The number of hydrogen-bond donors (Lipinski definition) is 1. The Kier molecular flexibility index (Phi) is 3.48. The summed E-state index contributed by atoms with van der Waals surface area (Å²) in [5.74, 6) is 0. The van der Waals surface area contributed by atoms with Gasteiger partial charge in [-0.05, 0) is 6.92 Å². The molecule has 0 rings (SSSR count). The van der Waals surface area contributed by atoms with Crippen molar-refractivity contribution in [1.82, 2.24) is 0 Å². The van der Waals surface area contributed by atoms with Crippen LogP contribution in [0.15, 0.2) is 12.2 Å². The summed E-state index contributed by atoms with van der Waals surface area (Å²) in [6.07, 6.45) is 2.76. The molecule has 0 amide bonds. The van der Waals surface area contributed by atoms with Crippen LogP contribution in [0.1, 0.15) is 0 Å². The average molecular weight is 70.1 g/mol. The first kappa shape index (κ1) is 4.70. The van der Waals surface area contributed by atoms with Gasteiger partial charge in [0.2, 0.25) is 0 Å². The zero-order chi connectivity index (χ0) is 4.12. The van der Waals surface area contributed by atoms with Crippen LogP contribution in [-0.4, -0.2) is 11.7 Å². The molecule has 0 bridgehead atoms. The molecule has 1 N–H and O–H groups in total. The number of aliphatic hydroxyl groups is 1. The van der Waals surface area contributed by atoms with Gasteiger partial charge >= 0.3 is 0 Å². The summed E-state index contributed by atoms with van der Waals surface area (Å²) < 4.78 is 0. The third kappa shape index (κ3) is 3.70. The molecule has 0 saturated carbocycles. The van der Waals surface area contributed by atoms with Crippen LogP contribution < -0.4 is 0 Å². The fourth-order valence-electron chi connectivity index (χ4n) is 0.0609. The average Bonchev–Trinajstić information content (AvgIpc) is 1.41. The summed E-state index contributed by atoms with van der Waals surface area (Å²) in [7, 11) is 0. The molecule has 0 aromatic rings. The summed E-state index contributed by atoms with van der Waals surface area (Å²) in [4.78, 5) is 0. The lowest BCUT2D eigenvalue weighted by atomic mass is 10.6. The number of rotatable bonds is 1. The first-order chi connectivity index (χ1) is 2.41. The molecule has 0 atom stereocenters.